The van der Waals surface area contributed by atoms with Crippen LogP contribution in [0.4, 0.5) is 30.7 Å². The van der Waals surface area contributed by atoms with Crippen LogP contribution in [0, 0.1) is 0 Å². The van der Waals surface area contributed by atoms with Crippen LogP contribution < -0.4 is 5.43 Å². The van der Waals surface area contributed by atoms with E-state index >= 15 is 0 Å². The van der Waals surface area contributed by atoms with E-state index in [0.717, 1.165) is 0 Å². The van der Waals surface area contributed by atoms with Gasteiger partial charge in [0.2, 0.25) is 0 Å². The number of rotatable bonds is 7. The molecule has 0 fully saturated rings. The molecule has 154 valence electrons. The molecular formula is C16H14F7N3O2. The van der Waals surface area contributed by atoms with Gasteiger partial charge in [-0.2, -0.15) is 35.8 Å². The fourth-order valence-corrected chi connectivity index (χ4v) is 2.29. The Morgan fingerprint density at radius 3 is 2.43 bits per heavy atom. The third kappa shape index (κ3) is 4.20. The standard InChI is InChI=1S/C16H14F7N3O2/c1-2-28-13(27)9-26-8-10(11-5-3-4-6-12(11)26)7-24-25-16(22,23)14(17,18)15(19,20)21/h3-8,25H,2,9H2,1H3/b24-7-. The molecule has 1 heterocycles. The molecule has 0 aliphatic carbocycles. The number of carbonyl (C=O) groups excluding carboxylic acids is 1. The molecule has 2 rings (SSSR count). The number of hydrogen-bond acceptors (Lipinski definition) is 4. The molecule has 0 bridgehead atoms. The van der Waals surface area contributed by atoms with Gasteiger partial charge >= 0.3 is 24.1 Å². The second kappa shape index (κ2) is 7.68. The summed E-state index contributed by atoms with van der Waals surface area (Å²) in [5, 5.41) is 3.24. The number of nitrogens with one attached hydrogen (secondary N) is 1. The van der Waals surface area contributed by atoms with E-state index in [4.69, 9.17) is 4.74 Å². The Bertz CT molecular complexity index is 875. The van der Waals surface area contributed by atoms with E-state index < -0.39 is 24.1 Å². The third-order valence-electron chi connectivity index (χ3n) is 3.58. The maximum absolute atomic E-state index is 13.2. The largest absolute Gasteiger partial charge is 0.465 e. The van der Waals surface area contributed by atoms with Gasteiger partial charge in [-0.05, 0) is 13.0 Å². The SMILES string of the molecule is CCOC(=O)Cn1cc(/C=N\NC(F)(F)C(F)(F)C(F)(F)F)c2ccccc21. The first-order valence-electron chi connectivity index (χ1n) is 7.76. The molecule has 0 spiro atoms. The van der Waals surface area contributed by atoms with Gasteiger partial charge in [0.15, 0.2) is 0 Å². The van der Waals surface area contributed by atoms with Gasteiger partial charge in [0, 0.05) is 22.7 Å². The first-order valence-corrected chi connectivity index (χ1v) is 7.76. The second-order valence-corrected chi connectivity index (χ2v) is 5.55. The molecule has 28 heavy (non-hydrogen) atoms. The number of aromatic nitrogens is 1. The van der Waals surface area contributed by atoms with Gasteiger partial charge in [0.25, 0.3) is 0 Å². The number of hydrazone groups is 1. The van der Waals surface area contributed by atoms with E-state index in [1.54, 1.807) is 25.1 Å². The quantitative estimate of drug-likeness (QED) is 0.246. The van der Waals surface area contributed by atoms with Crippen LogP contribution in [0.5, 0.6) is 0 Å². The Morgan fingerprint density at radius 1 is 1.18 bits per heavy atom. The topological polar surface area (TPSA) is 55.6 Å². The molecule has 0 aliphatic rings. The third-order valence-corrected chi connectivity index (χ3v) is 3.58. The van der Waals surface area contributed by atoms with Gasteiger partial charge in [-0.3, -0.25) is 4.79 Å². The number of alkyl halides is 7. The molecule has 0 amide bonds. The van der Waals surface area contributed by atoms with Crippen LogP contribution in [0.3, 0.4) is 0 Å². The first kappa shape index (κ1) is 21.5. The Hall–Kier alpha value is -2.79. The fraction of sp³-hybridized carbons (Fsp3) is 0.375. The zero-order valence-electron chi connectivity index (χ0n) is 14.2. The highest BCUT2D eigenvalue weighted by molar-refractivity contribution is 5.99. The van der Waals surface area contributed by atoms with Gasteiger partial charge < -0.3 is 9.30 Å². The highest BCUT2D eigenvalue weighted by atomic mass is 19.4. The molecule has 0 radical (unpaired) electrons. The molecule has 0 aliphatic heterocycles. The summed E-state index contributed by atoms with van der Waals surface area (Å²) in [5.41, 5.74) is 1.14. The first-order chi connectivity index (χ1) is 12.9. The number of halogens is 7. The number of hydrogen-bond donors (Lipinski definition) is 1. The number of benzene rings is 1. The van der Waals surface area contributed by atoms with Crippen molar-refractivity contribution in [3.8, 4) is 0 Å². The number of fused-ring (bicyclic) bond motifs is 1. The van der Waals surface area contributed by atoms with Crippen LogP contribution in [0.15, 0.2) is 35.6 Å². The van der Waals surface area contributed by atoms with Gasteiger partial charge in [-0.15, -0.1) is 0 Å². The van der Waals surface area contributed by atoms with Crippen LogP contribution in [0.25, 0.3) is 10.9 Å². The van der Waals surface area contributed by atoms with Gasteiger partial charge in [0.05, 0.1) is 12.8 Å². The minimum atomic E-state index is -6.46. The monoisotopic (exact) mass is 413 g/mol. The van der Waals surface area contributed by atoms with Crippen LogP contribution in [-0.4, -0.2) is 41.5 Å². The summed E-state index contributed by atoms with van der Waals surface area (Å²) >= 11 is 0. The summed E-state index contributed by atoms with van der Waals surface area (Å²) < 4.78 is 94.6. The molecule has 0 saturated carbocycles. The smallest absolute Gasteiger partial charge is 0.462 e. The number of ether oxygens (including phenoxy) is 1. The zero-order valence-corrected chi connectivity index (χ0v) is 14.2. The van der Waals surface area contributed by atoms with E-state index in [2.05, 4.69) is 5.10 Å². The molecule has 1 N–H and O–H groups in total. The van der Waals surface area contributed by atoms with Crippen LogP contribution >= 0.6 is 0 Å². The Labute approximate surface area is 153 Å². The normalized spacial score (nSPS) is 13.3. The van der Waals surface area contributed by atoms with Crippen LogP contribution in [0.2, 0.25) is 0 Å². The van der Waals surface area contributed by atoms with Crippen LogP contribution in [0.1, 0.15) is 12.5 Å². The summed E-state index contributed by atoms with van der Waals surface area (Å²) in [4.78, 5) is 11.6. The average molecular weight is 413 g/mol. The summed E-state index contributed by atoms with van der Waals surface area (Å²) in [7, 11) is 0. The molecule has 1 aromatic carbocycles. The minimum Gasteiger partial charge on any atom is -0.465 e. The lowest BCUT2D eigenvalue weighted by molar-refractivity contribution is -0.361. The Kier molecular flexibility index (Phi) is 5.90. The summed E-state index contributed by atoms with van der Waals surface area (Å²) in [5.74, 6) is -6.91. The predicted molar refractivity (Wildman–Crippen MR) is 85.2 cm³/mol. The van der Waals surface area contributed by atoms with Crippen molar-refractivity contribution in [3.63, 3.8) is 0 Å². The zero-order chi connectivity index (χ0) is 21.2. The lowest BCUT2D eigenvalue weighted by Gasteiger charge is -2.27. The summed E-state index contributed by atoms with van der Waals surface area (Å²) in [6.07, 6.45) is -4.51. The van der Waals surface area contributed by atoms with E-state index in [1.807, 2.05) is 0 Å². The highest BCUT2D eigenvalue weighted by Gasteiger charge is 2.73. The number of carbonyl (C=O) groups is 1. The molecule has 12 heteroatoms. The molecule has 5 nitrogen and oxygen atoms in total. The Balaban J connectivity index is 2.28. The highest BCUT2D eigenvalue weighted by Crippen LogP contribution is 2.45. The van der Waals surface area contributed by atoms with Crippen molar-refractivity contribution in [1.29, 1.82) is 0 Å². The molecule has 0 atom stereocenters. The second-order valence-electron chi connectivity index (χ2n) is 5.55. The summed E-state index contributed by atoms with van der Waals surface area (Å²) in [6.45, 7) is 1.52. The van der Waals surface area contributed by atoms with Crippen molar-refractivity contribution in [1.82, 2.24) is 9.99 Å². The summed E-state index contributed by atoms with van der Waals surface area (Å²) in [6, 6.07) is 0.660. The van der Waals surface area contributed by atoms with E-state index in [1.165, 1.54) is 16.8 Å². The molecule has 1 aromatic heterocycles. The Morgan fingerprint density at radius 2 is 1.82 bits per heavy atom. The van der Waals surface area contributed by atoms with Crippen molar-refractivity contribution in [2.75, 3.05) is 6.61 Å². The van der Waals surface area contributed by atoms with Crippen molar-refractivity contribution in [3.05, 3.63) is 36.0 Å². The molecule has 0 unspecified atom stereocenters. The minimum absolute atomic E-state index is 0.110. The molecule has 0 saturated heterocycles. The average Bonchev–Trinajstić information content (AvgIpc) is 2.92. The number of esters is 1. The van der Waals surface area contributed by atoms with Crippen molar-refractivity contribution < 1.29 is 40.3 Å². The van der Waals surface area contributed by atoms with E-state index in [0.29, 0.717) is 22.5 Å². The number of para-hydroxylation sites is 1. The van der Waals surface area contributed by atoms with Crippen molar-refractivity contribution in [2.45, 2.75) is 31.6 Å². The molecular weight excluding hydrogens is 399 g/mol. The molecule has 2 aromatic rings. The van der Waals surface area contributed by atoms with Crippen LogP contribution in [-0.2, 0) is 16.1 Å². The predicted octanol–water partition coefficient (Wildman–Crippen LogP) is 3.92. The lowest BCUT2D eigenvalue weighted by Crippen LogP contribution is -2.58. The van der Waals surface area contributed by atoms with Crippen molar-refractivity contribution >= 4 is 23.1 Å². The maximum Gasteiger partial charge on any atom is 0.462 e. The lowest BCUT2D eigenvalue weighted by atomic mass is 10.2. The van der Waals surface area contributed by atoms with Gasteiger partial charge in [0.1, 0.15) is 6.54 Å². The van der Waals surface area contributed by atoms with Gasteiger partial charge in [-0.1, -0.05) is 18.2 Å². The van der Waals surface area contributed by atoms with E-state index in [-0.39, 0.29) is 18.7 Å². The van der Waals surface area contributed by atoms with Gasteiger partial charge in [-0.25, -0.2) is 5.43 Å². The number of nitrogens with zero attached hydrogens (tertiary/aromatic N) is 2. The van der Waals surface area contributed by atoms with E-state index in [9.17, 15) is 35.5 Å². The fourth-order valence-electron chi connectivity index (χ4n) is 2.29. The maximum atomic E-state index is 13.2. The van der Waals surface area contributed by atoms with Crippen molar-refractivity contribution in [2.24, 2.45) is 5.10 Å².